The summed E-state index contributed by atoms with van der Waals surface area (Å²) < 4.78 is 0. The topological polar surface area (TPSA) is 91.5 Å². The van der Waals surface area contributed by atoms with Crippen LogP contribution in [0.4, 0.5) is 11.4 Å². The number of nitrogen functional groups attached to an aromatic ring is 1. The first-order chi connectivity index (χ1) is 12.0. The molecular weight excluding hydrogens is 340 g/mol. The largest absolute Gasteiger partial charge is 0.480 e. The molecule has 0 radical (unpaired) electrons. The number of halogens is 1. The van der Waals surface area contributed by atoms with Crippen LogP contribution in [0.15, 0.2) is 48.7 Å². The number of carboxylic acids is 1. The maximum Gasteiger partial charge on any atom is 0.327 e. The van der Waals surface area contributed by atoms with Crippen molar-refractivity contribution in [2.45, 2.75) is 12.6 Å². The van der Waals surface area contributed by atoms with Gasteiger partial charge in [-0.3, -0.25) is 9.78 Å². The van der Waals surface area contributed by atoms with Crippen molar-refractivity contribution in [3.63, 3.8) is 0 Å². The lowest BCUT2D eigenvalue weighted by Crippen LogP contribution is -2.36. The number of benzene rings is 2. The molecule has 7 heteroatoms. The van der Waals surface area contributed by atoms with Crippen LogP contribution in [-0.4, -0.2) is 16.1 Å². The summed E-state index contributed by atoms with van der Waals surface area (Å²) in [4.78, 5) is 15.8. The third-order valence-electron chi connectivity index (χ3n) is 4.28. The van der Waals surface area contributed by atoms with Gasteiger partial charge in [0.2, 0.25) is 0 Å². The van der Waals surface area contributed by atoms with E-state index in [0.717, 1.165) is 22.2 Å². The molecule has 0 amide bonds. The van der Waals surface area contributed by atoms with E-state index in [9.17, 15) is 9.90 Å². The van der Waals surface area contributed by atoms with Gasteiger partial charge in [-0.25, -0.2) is 5.43 Å². The van der Waals surface area contributed by atoms with E-state index in [4.69, 9.17) is 17.3 Å². The highest BCUT2D eigenvalue weighted by molar-refractivity contribution is 6.31. The van der Waals surface area contributed by atoms with Gasteiger partial charge < -0.3 is 15.8 Å². The van der Waals surface area contributed by atoms with Gasteiger partial charge in [-0.2, -0.15) is 0 Å². The number of fused-ring (bicyclic) bond motifs is 2. The lowest BCUT2D eigenvalue weighted by Gasteiger charge is -2.20. The van der Waals surface area contributed by atoms with Gasteiger partial charge in [0.15, 0.2) is 6.04 Å². The highest BCUT2D eigenvalue weighted by Crippen LogP contribution is 2.37. The molecule has 1 atom stereocenters. The van der Waals surface area contributed by atoms with Gasteiger partial charge in [0, 0.05) is 22.8 Å². The molecule has 4 N–H and O–H groups in total. The summed E-state index contributed by atoms with van der Waals surface area (Å²) in [5, 5.41) is 12.8. The molecule has 1 aromatic heterocycles. The van der Waals surface area contributed by atoms with Gasteiger partial charge >= 0.3 is 5.97 Å². The van der Waals surface area contributed by atoms with E-state index in [1.807, 2.05) is 41.4 Å². The summed E-state index contributed by atoms with van der Waals surface area (Å²) >= 11 is 6.02. The molecular formula is C18H15ClN4O2. The zero-order valence-electron chi connectivity index (χ0n) is 13.1. The summed E-state index contributed by atoms with van der Waals surface area (Å²) in [5.41, 5.74) is 12.7. The zero-order valence-corrected chi connectivity index (χ0v) is 13.9. The number of carbonyl (C=O) groups is 1. The quantitative estimate of drug-likeness (QED) is 0.626. The fraction of sp³-hybridized carbons (Fsp3) is 0.111. The van der Waals surface area contributed by atoms with E-state index >= 15 is 0 Å². The predicted octanol–water partition coefficient (Wildman–Crippen LogP) is 3.12. The molecule has 6 nitrogen and oxygen atoms in total. The molecule has 0 saturated carbocycles. The third-order valence-corrected chi connectivity index (χ3v) is 4.49. The first kappa shape index (κ1) is 15.7. The van der Waals surface area contributed by atoms with Crippen LogP contribution in [0.3, 0.4) is 0 Å². The Hall–Kier alpha value is -2.83. The van der Waals surface area contributed by atoms with Crippen LogP contribution in [0.1, 0.15) is 17.2 Å². The number of aromatic nitrogens is 1. The number of hydrogen-bond acceptors (Lipinski definition) is 5. The average Bonchev–Trinajstić information content (AvgIpc) is 2.95. The van der Waals surface area contributed by atoms with Gasteiger partial charge in [0.1, 0.15) is 0 Å². The fourth-order valence-electron chi connectivity index (χ4n) is 3.15. The second kappa shape index (κ2) is 5.91. The van der Waals surface area contributed by atoms with Crippen LogP contribution in [-0.2, 0) is 11.3 Å². The van der Waals surface area contributed by atoms with E-state index in [0.29, 0.717) is 22.8 Å². The van der Waals surface area contributed by atoms with Crippen molar-refractivity contribution < 1.29 is 9.90 Å². The molecule has 3 aromatic rings. The lowest BCUT2D eigenvalue weighted by atomic mass is 10.0. The number of anilines is 2. The van der Waals surface area contributed by atoms with E-state index < -0.39 is 12.0 Å². The van der Waals surface area contributed by atoms with Crippen LogP contribution in [0.25, 0.3) is 10.9 Å². The lowest BCUT2D eigenvalue weighted by molar-refractivity contribution is -0.139. The highest BCUT2D eigenvalue weighted by atomic mass is 35.5. The molecule has 1 aliphatic rings. The predicted molar refractivity (Wildman–Crippen MR) is 97.3 cm³/mol. The number of pyridine rings is 1. The average molecular weight is 355 g/mol. The van der Waals surface area contributed by atoms with Crippen LogP contribution < -0.4 is 16.2 Å². The van der Waals surface area contributed by atoms with Crippen molar-refractivity contribution in [3.05, 3.63) is 64.8 Å². The Balaban J connectivity index is 1.70. The number of hydrazine groups is 1. The summed E-state index contributed by atoms with van der Waals surface area (Å²) in [5.74, 6) is -0.962. The molecule has 0 saturated heterocycles. The van der Waals surface area contributed by atoms with Gasteiger partial charge in [-0.15, -0.1) is 0 Å². The van der Waals surface area contributed by atoms with E-state index in [-0.39, 0.29) is 0 Å². The standard InChI is InChI=1S/C18H15ClN4O2/c19-12-7-11-6-10(4-5-14(11)21-8-12)9-23-15-3-1-2-13(20)16(15)17(22-23)18(24)25/h1-8,17,22H,9,20H2,(H,24,25). The molecule has 2 aromatic carbocycles. The molecule has 126 valence electrons. The van der Waals surface area contributed by atoms with Gasteiger partial charge in [-0.1, -0.05) is 23.7 Å². The van der Waals surface area contributed by atoms with E-state index in [1.165, 1.54) is 0 Å². The molecule has 0 bridgehead atoms. The SMILES string of the molecule is Nc1cccc2c1C(C(=O)O)NN2Cc1ccc2ncc(Cl)cc2c1. The monoisotopic (exact) mass is 354 g/mol. The summed E-state index contributed by atoms with van der Waals surface area (Å²) in [6.45, 7) is 0.489. The minimum atomic E-state index is -0.962. The molecule has 0 spiro atoms. The number of carboxylic acid groups (broad SMARTS) is 1. The van der Waals surface area contributed by atoms with Gasteiger partial charge in [0.25, 0.3) is 0 Å². The van der Waals surface area contributed by atoms with Crippen molar-refractivity contribution in [2.75, 3.05) is 10.7 Å². The molecule has 25 heavy (non-hydrogen) atoms. The summed E-state index contributed by atoms with van der Waals surface area (Å²) in [6, 6.07) is 12.3. The smallest absolute Gasteiger partial charge is 0.327 e. The number of nitrogens with two attached hydrogens (primary N) is 1. The van der Waals surface area contributed by atoms with Crippen molar-refractivity contribution in [1.29, 1.82) is 0 Å². The second-order valence-corrected chi connectivity index (χ2v) is 6.38. The Labute approximate surface area is 148 Å². The molecule has 2 heterocycles. The molecule has 1 aliphatic heterocycles. The Kier molecular flexibility index (Phi) is 3.71. The molecule has 1 unspecified atom stereocenters. The van der Waals surface area contributed by atoms with Crippen LogP contribution in [0.2, 0.25) is 5.02 Å². The maximum atomic E-state index is 11.6. The summed E-state index contributed by atoms with van der Waals surface area (Å²) in [6.07, 6.45) is 1.61. The fourth-order valence-corrected chi connectivity index (χ4v) is 3.32. The minimum Gasteiger partial charge on any atom is -0.480 e. The molecule has 0 fully saturated rings. The van der Waals surface area contributed by atoms with Crippen molar-refractivity contribution >= 4 is 39.8 Å². The molecule has 4 rings (SSSR count). The Morgan fingerprint density at radius 1 is 1.32 bits per heavy atom. The first-order valence-corrected chi connectivity index (χ1v) is 8.10. The highest BCUT2D eigenvalue weighted by Gasteiger charge is 2.34. The summed E-state index contributed by atoms with van der Waals surface area (Å²) in [7, 11) is 0. The number of nitrogens with one attached hydrogen (secondary N) is 1. The number of hydrogen-bond donors (Lipinski definition) is 3. The third kappa shape index (κ3) is 2.75. The van der Waals surface area contributed by atoms with Crippen LogP contribution in [0, 0.1) is 0 Å². The normalized spacial score (nSPS) is 16.2. The Morgan fingerprint density at radius 3 is 2.96 bits per heavy atom. The van der Waals surface area contributed by atoms with Crippen molar-refractivity contribution in [3.8, 4) is 0 Å². The van der Waals surface area contributed by atoms with Crippen molar-refractivity contribution in [2.24, 2.45) is 0 Å². The Morgan fingerprint density at radius 2 is 2.16 bits per heavy atom. The first-order valence-electron chi connectivity index (χ1n) is 7.72. The van der Waals surface area contributed by atoms with Crippen LogP contribution >= 0.6 is 11.6 Å². The van der Waals surface area contributed by atoms with Gasteiger partial charge in [-0.05, 0) is 35.9 Å². The van der Waals surface area contributed by atoms with Gasteiger partial charge in [0.05, 0.1) is 22.8 Å². The minimum absolute atomic E-state index is 0.467. The maximum absolute atomic E-state index is 11.6. The number of nitrogens with zero attached hydrogens (tertiary/aromatic N) is 2. The van der Waals surface area contributed by atoms with Crippen molar-refractivity contribution in [1.82, 2.24) is 10.4 Å². The number of rotatable bonds is 3. The van der Waals surface area contributed by atoms with Crippen LogP contribution in [0.5, 0.6) is 0 Å². The van der Waals surface area contributed by atoms with E-state index in [2.05, 4.69) is 10.4 Å². The van der Waals surface area contributed by atoms with E-state index in [1.54, 1.807) is 12.3 Å². The molecule has 0 aliphatic carbocycles. The Bertz CT molecular complexity index is 992. The second-order valence-electron chi connectivity index (χ2n) is 5.95. The number of aliphatic carboxylic acids is 1. The zero-order chi connectivity index (χ0) is 17.6.